The van der Waals surface area contributed by atoms with E-state index in [2.05, 4.69) is 4.72 Å². The fourth-order valence-electron chi connectivity index (χ4n) is 1.10. The van der Waals surface area contributed by atoms with Crippen molar-refractivity contribution in [1.29, 1.82) is 0 Å². The van der Waals surface area contributed by atoms with Crippen LogP contribution in [0.1, 0.15) is 16.3 Å². The summed E-state index contributed by atoms with van der Waals surface area (Å²) >= 11 is 0. The van der Waals surface area contributed by atoms with Gasteiger partial charge in [0.25, 0.3) is 0 Å². The van der Waals surface area contributed by atoms with Gasteiger partial charge >= 0.3 is 5.97 Å². The summed E-state index contributed by atoms with van der Waals surface area (Å²) in [5.74, 6) is -1.79. The molecule has 8 heteroatoms. The maximum Gasteiger partial charge on any atom is 0.371 e. The first-order valence-electron chi connectivity index (χ1n) is 4.32. The van der Waals surface area contributed by atoms with Crippen molar-refractivity contribution >= 4 is 16.0 Å². The Kier molecular flexibility index (Phi) is 3.68. The van der Waals surface area contributed by atoms with Crippen LogP contribution >= 0.6 is 0 Å². The number of aromatic carboxylic acids is 1. The molecule has 90 valence electrons. The largest absolute Gasteiger partial charge is 0.475 e. The van der Waals surface area contributed by atoms with Crippen LogP contribution in [0.4, 0.5) is 0 Å². The summed E-state index contributed by atoms with van der Waals surface area (Å²) in [5.41, 5.74) is 0. The summed E-state index contributed by atoms with van der Waals surface area (Å²) in [7, 11) is -3.83. The average molecular weight is 249 g/mol. The number of hydrogen-bond donors (Lipinski definition) is 3. The van der Waals surface area contributed by atoms with Gasteiger partial charge in [0.05, 0.1) is 6.61 Å². The van der Waals surface area contributed by atoms with E-state index in [0.29, 0.717) is 0 Å². The van der Waals surface area contributed by atoms with E-state index < -0.39 is 21.8 Å². The third kappa shape index (κ3) is 2.60. The molecule has 0 aromatic carbocycles. The maximum absolute atomic E-state index is 11.6. The topological polar surface area (TPSA) is 117 Å². The molecule has 16 heavy (non-hydrogen) atoms. The van der Waals surface area contributed by atoms with Gasteiger partial charge in [-0.1, -0.05) is 0 Å². The molecule has 0 spiro atoms. The van der Waals surface area contributed by atoms with Crippen LogP contribution in [0.25, 0.3) is 0 Å². The van der Waals surface area contributed by atoms with E-state index in [1.807, 2.05) is 0 Å². The van der Waals surface area contributed by atoms with Gasteiger partial charge in [-0.05, 0) is 6.92 Å². The van der Waals surface area contributed by atoms with Crippen LogP contribution in [0, 0.1) is 6.92 Å². The molecule has 0 aliphatic rings. The number of rotatable bonds is 5. The molecule has 0 amide bonds. The number of aryl methyl sites for hydroxylation is 1. The molecular formula is C8H11NO6S. The van der Waals surface area contributed by atoms with Crippen LogP contribution in [-0.4, -0.2) is 37.8 Å². The standard InChI is InChI=1S/C8H11NO6S/c1-5-7(4-6(15-5)8(11)12)16(13,14)9-2-3-10/h4,9-10H,2-3H2,1H3,(H,11,12). The van der Waals surface area contributed by atoms with Crippen LogP contribution < -0.4 is 4.72 Å². The van der Waals surface area contributed by atoms with Gasteiger partial charge in [-0.25, -0.2) is 17.9 Å². The third-order valence-corrected chi connectivity index (χ3v) is 3.34. The molecule has 1 rings (SSSR count). The van der Waals surface area contributed by atoms with Crippen LogP contribution in [-0.2, 0) is 10.0 Å². The number of carboxylic acid groups (broad SMARTS) is 1. The molecule has 0 fully saturated rings. The lowest BCUT2D eigenvalue weighted by molar-refractivity contribution is 0.0661. The second kappa shape index (κ2) is 4.64. The van der Waals surface area contributed by atoms with Gasteiger partial charge in [-0.3, -0.25) is 0 Å². The van der Waals surface area contributed by atoms with Crippen molar-refractivity contribution in [2.75, 3.05) is 13.2 Å². The van der Waals surface area contributed by atoms with Crippen molar-refractivity contribution in [2.24, 2.45) is 0 Å². The van der Waals surface area contributed by atoms with Crippen molar-refractivity contribution in [3.63, 3.8) is 0 Å². The zero-order valence-corrected chi connectivity index (χ0v) is 9.24. The van der Waals surface area contributed by atoms with Gasteiger partial charge in [0.15, 0.2) is 0 Å². The minimum Gasteiger partial charge on any atom is -0.475 e. The number of nitrogens with one attached hydrogen (secondary N) is 1. The monoisotopic (exact) mass is 249 g/mol. The van der Waals surface area contributed by atoms with Gasteiger partial charge in [0, 0.05) is 12.6 Å². The van der Waals surface area contributed by atoms with E-state index in [-0.39, 0.29) is 23.8 Å². The van der Waals surface area contributed by atoms with E-state index in [9.17, 15) is 13.2 Å². The molecule has 7 nitrogen and oxygen atoms in total. The molecule has 0 atom stereocenters. The molecule has 0 bridgehead atoms. The Hall–Kier alpha value is -1.38. The first kappa shape index (κ1) is 12.7. The number of hydrogen-bond acceptors (Lipinski definition) is 5. The molecule has 0 unspecified atom stereocenters. The summed E-state index contributed by atoms with van der Waals surface area (Å²) in [5, 5.41) is 17.1. The zero-order chi connectivity index (χ0) is 12.3. The lowest BCUT2D eigenvalue weighted by Gasteiger charge is -2.02. The predicted octanol–water partition coefficient (Wildman–Crippen LogP) is -0.443. The van der Waals surface area contributed by atoms with Gasteiger partial charge in [0.2, 0.25) is 15.8 Å². The average Bonchev–Trinajstić information content (AvgIpc) is 2.58. The van der Waals surface area contributed by atoms with E-state index in [0.717, 1.165) is 6.07 Å². The minimum atomic E-state index is -3.83. The van der Waals surface area contributed by atoms with Crippen LogP contribution in [0.3, 0.4) is 0 Å². The highest BCUT2D eigenvalue weighted by Crippen LogP contribution is 2.19. The lowest BCUT2D eigenvalue weighted by Crippen LogP contribution is -2.26. The van der Waals surface area contributed by atoms with Gasteiger partial charge in [-0.15, -0.1) is 0 Å². The van der Waals surface area contributed by atoms with Crippen LogP contribution in [0.2, 0.25) is 0 Å². The Morgan fingerprint density at radius 1 is 1.56 bits per heavy atom. The van der Waals surface area contributed by atoms with E-state index in [1.54, 1.807) is 0 Å². The summed E-state index contributed by atoms with van der Waals surface area (Å²) in [6.45, 7) is 0.858. The van der Waals surface area contributed by atoms with Gasteiger partial charge in [-0.2, -0.15) is 0 Å². The molecule has 0 radical (unpaired) electrons. The Bertz CT molecular complexity index is 489. The summed E-state index contributed by atoms with van der Waals surface area (Å²) in [6.07, 6.45) is 0. The molecule has 0 saturated heterocycles. The molecular weight excluding hydrogens is 238 g/mol. The molecule has 0 aliphatic heterocycles. The first-order chi connectivity index (χ1) is 7.38. The lowest BCUT2D eigenvalue weighted by atomic mass is 10.4. The highest BCUT2D eigenvalue weighted by molar-refractivity contribution is 7.89. The Balaban J connectivity index is 3.08. The van der Waals surface area contributed by atoms with E-state index in [4.69, 9.17) is 14.6 Å². The first-order valence-corrected chi connectivity index (χ1v) is 5.81. The molecule has 1 aromatic rings. The van der Waals surface area contributed by atoms with Crippen molar-refractivity contribution in [3.8, 4) is 0 Å². The SMILES string of the molecule is Cc1oc(C(=O)O)cc1S(=O)(=O)NCCO. The normalized spacial score (nSPS) is 11.6. The van der Waals surface area contributed by atoms with E-state index in [1.165, 1.54) is 6.92 Å². The van der Waals surface area contributed by atoms with Crippen LogP contribution in [0.5, 0.6) is 0 Å². The minimum absolute atomic E-state index is 0.0113. The van der Waals surface area contributed by atoms with Gasteiger partial charge in [0.1, 0.15) is 10.7 Å². The summed E-state index contributed by atoms with van der Waals surface area (Å²) < 4.78 is 30.0. The number of sulfonamides is 1. The molecule has 0 saturated carbocycles. The molecule has 1 heterocycles. The third-order valence-electron chi connectivity index (χ3n) is 1.78. The fourth-order valence-corrected chi connectivity index (χ4v) is 2.29. The van der Waals surface area contributed by atoms with Gasteiger partial charge < -0.3 is 14.6 Å². The summed E-state index contributed by atoms with van der Waals surface area (Å²) in [4.78, 5) is 10.3. The van der Waals surface area contributed by atoms with Crippen molar-refractivity contribution in [2.45, 2.75) is 11.8 Å². The highest BCUT2D eigenvalue weighted by Gasteiger charge is 2.23. The van der Waals surface area contributed by atoms with Crippen molar-refractivity contribution < 1.29 is 27.8 Å². The summed E-state index contributed by atoms with van der Waals surface area (Å²) in [6, 6.07) is 0.928. The Morgan fingerprint density at radius 2 is 2.19 bits per heavy atom. The van der Waals surface area contributed by atoms with Crippen molar-refractivity contribution in [1.82, 2.24) is 4.72 Å². The fraction of sp³-hybridized carbons (Fsp3) is 0.375. The Morgan fingerprint density at radius 3 is 2.62 bits per heavy atom. The number of aliphatic hydroxyl groups is 1. The quantitative estimate of drug-likeness (QED) is 0.651. The Labute approximate surface area is 91.7 Å². The maximum atomic E-state index is 11.6. The zero-order valence-electron chi connectivity index (χ0n) is 8.43. The molecule has 1 aromatic heterocycles. The number of carboxylic acids is 1. The van der Waals surface area contributed by atoms with Crippen LogP contribution in [0.15, 0.2) is 15.4 Å². The number of carbonyl (C=O) groups is 1. The number of furan rings is 1. The van der Waals surface area contributed by atoms with Crippen molar-refractivity contribution in [3.05, 3.63) is 17.6 Å². The number of aliphatic hydroxyl groups excluding tert-OH is 1. The predicted molar refractivity (Wildman–Crippen MR) is 52.7 cm³/mol. The smallest absolute Gasteiger partial charge is 0.371 e. The molecule has 0 aliphatic carbocycles. The second-order valence-corrected chi connectivity index (χ2v) is 4.69. The second-order valence-electron chi connectivity index (χ2n) is 2.96. The highest BCUT2D eigenvalue weighted by atomic mass is 32.2. The molecule has 3 N–H and O–H groups in total. The van der Waals surface area contributed by atoms with E-state index >= 15 is 0 Å².